The van der Waals surface area contributed by atoms with Gasteiger partial charge in [-0.1, -0.05) is 37.3 Å². The lowest BCUT2D eigenvalue weighted by Gasteiger charge is -2.10. The molecule has 2 rings (SSSR count). The number of rotatable bonds is 7. The normalized spacial score (nSPS) is 10.5. The van der Waals surface area contributed by atoms with Gasteiger partial charge in [0, 0.05) is 19.3 Å². The molecule has 1 heterocycles. The van der Waals surface area contributed by atoms with Crippen molar-refractivity contribution in [3.63, 3.8) is 0 Å². The van der Waals surface area contributed by atoms with Gasteiger partial charge in [0.15, 0.2) is 0 Å². The van der Waals surface area contributed by atoms with E-state index in [1.165, 1.54) is 5.56 Å². The number of carboxylic acids is 1. The van der Waals surface area contributed by atoms with Gasteiger partial charge in [-0.25, -0.2) is 0 Å². The fraction of sp³-hybridized carbons (Fsp3) is 0.294. The minimum Gasteiger partial charge on any atom is -0.481 e. The van der Waals surface area contributed by atoms with E-state index in [2.05, 4.69) is 23.3 Å². The van der Waals surface area contributed by atoms with Crippen LogP contribution in [0.25, 0.3) is 0 Å². The van der Waals surface area contributed by atoms with E-state index in [0.29, 0.717) is 13.1 Å². The highest BCUT2D eigenvalue weighted by Crippen LogP contribution is 2.11. The minimum absolute atomic E-state index is 0.0572. The van der Waals surface area contributed by atoms with Crippen molar-refractivity contribution in [1.82, 2.24) is 10.3 Å². The van der Waals surface area contributed by atoms with Gasteiger partial charge < -0.3 is 10.4 Å². The van der Waals surface area contributed by atoms with E-state index in [4.69, 9.17) is 5.11 Å². The zero-order valence-electron chi connectivity index (χ0n) is 12.2. The molecule has 2 aromatic rings. The molecular weight excluding hydrogens is 264 g/mol. The van der Waals surface area contributed by atoms with Gasteiger partial charge in [0.2, 0.25) is 0 Å². The number of benzene rings is 1. The molecule has 0 fully saturated rings. The molecule has 0 aliphatic carbocycles. The van der Waals surface area contributed by atoms with Crippen LogP contribution in [0.1, 0.15) is 29.3 Å². The van der Waals surface area contributed by atoms with Crippen LogP contribution >= 0.6 is 0 Å². The molecular formula is C17H20N2O2. The molecule has 0 amide bonds. The third-order valence-electron chi connectivity index (χ3n) is 3.43. The molecule has 1 aromatic heterocycles. The van der Waals surface area contributed by atoms with Crippen molar-refractivity contribution in [2.45, 2.75) is 32.9 Å². The van der Waals surface area contributed by atoms with Crippen LogP contribution in [0, 0.1) is 0 Å². The minimum atomic E-state index is -0.805. The predicted molar refractivity (Wildman–Crippen MR) is 81.9 cm³/mol. The number of aromatic nitrogens is 1. The second-order valence-corrected chi connectivity index (χ2v) is 4.91. The summed E-state index contributed by atoms with van der Waals surface area (Å²) >= 11 is 0. The Morgan fingerprint density at radius 2 is 1.81 bits per heavy atom. The van der Waals surface area contributed by atoms with Crippen LogP contribution in [0.15, 0.2) is 42.6 Å². The molecule has 4 nitrogen and oxygen atoms in total. The summed E-state index contributed by atoms with van der Waals surface area (Å²) in [6.07, 6.45) is 2.82. The highest BCUT2D eigenvalue weighted by atomic mass is 16.4. The number of aryl methyl sites for hydroxylation is 1. The van der Waals surface area contributed by atoms with E-state index in [1.54, 1.807) is 6.20 Å². The number of pyridine rings is 1. The molecule has 4 heteroatoms. The third-order valence-corrected chi connectivity index (χ3v) is 3.43. The van der Waals surface area contributed by atoms with Crippen LogP contribution in [0.5, 0.6) is 0 Å². The topological polar surface area (TPSA) is 62.2 Å². The Kier molecular flexibility index (Phi) is 5.46. The molecule has 0 spiro atoms. The van der Waals surface area contributed by atoms with Crippen molar-refractivity contribution in [2.75, 3.05) is 0 Å². The predicted octanol–water partition coefficient (Wildman–Crippen LogP) is 2.56. The number of hydrogen-bond donors (Lipinski definition) is 2. The van der Waals surface area contributed by atoms with Gasteiger partial charge in [0.1, 0.15) is 0 Å². The van der Waals surface area contributed by atoms with Crippen LogP contribution in [-0.4, -0.2) is 16.1 Å². The van der Waals surface area contributed by atoms with Crippen LogP contribution in [0.3, 0.4) is 0 Å². The van der Waals surface area contributed by atoms with E-state index >= 15 is 0 Å². The number of carbonyl (C=O) groups is 1. The average Bonchev–Trinajstić information content (AvgIpc) is 2.49. The second kappa shape index (κ2) is 7.55. The lowest BCUT2D eigenvalue weighted by atomic mass is 10.0. The summed E-state index contributed by atoms with van der Waals surface area (Å²) in [4.78, 5) is 15.3. The first-order valence-electron chi connectivity index (χ1n) is 7.12. The van der Waals surface area contributed by atoms with Crippen LogP contribution in [0.2, 0.25) is 0 Å². The number of nitrogens with zero attached hydrogens (tertiary/aromatic N) is 1. The maximum atomic E-state index is 10.9. The molecule has 0 atom stereocenters. The first-order valence-corrected chi connectivity index (χ1v) is 7.12. The van der Waals surface area contributed by atoms with E-state index in [1.807, 2.05) is 30.3 Å². The smallest absolute Gasteiger partial charge is 0.307 e. The monoisotopic (exact) mass is 284 g/mol. The van der Waals surface area contributed by atoms with Gasteiger partial charge in [0.25, 0.3) is 0 Å². The number of hydrogen-bond acceptors (Lipinski definition) is 3. The van der Waals surface area contributed by atoms with Crippen molar-refractivity contribution in [3.05, 3.63) is 65.0 Å². The third kappa shape index (κ3) is 4.39. The van der Waals surface area contributed by atoms with Crippen molar-refractivity contribution in [1.29, 1.82) is 0 Å². The quantitative estimate of drug-likeness (QED) is 0.820. The molecule has 21 heavy (non-hydrogen) atoms. The Hall–Kier alpha value is -2.20. The molecule has 0 saturated carbocycles. The van der Waals surface area contributed by atoms with Gasteiger partial charge in [-0.05, 0) is 29.2 Å². The number of carboxylic acid groups (broad SMARTS) is 1. The zero-order chi connectivity index (χ0) is 15.1. The Morgan fingerprint density at radius 1 is 1.10 bits per heavy atom. The van der Waals surface area contributed by atoms with Crippen LogP contribution < -0.4 is 5.32 Å². The Balaban J connectivity index is 1.99. The standard InChI is InChI=1S/C17H20N2O2/c1-2-13-8-5-9-19-16(13)12-18-11-15-7-4-3-6-14(15)10-17(20)21/h3-9,18H,2,10-12H2,1H3,(H,20,21). The fourth-order valence-corrected chi connectivity index (χ4v) is 2.33. The van der Waals surface area contributed by atoms with Gasteiger partial charge in [-0.15, -0.1) is 0 Å². The van der Waals surface area contributed by atoms with Gasteiger partial charge in [0.05, 0.1) is 12.1 Å². The van der Waals surface area contributed by atoms with E-state index in [-0.39, 0.29) is 6.42 Å². The maximum absolute atomic E-state index is 10.9. The van der Waals surface area contributed by atoms with Crippen LogP contribution in [-0.2, 0) is 30.7 Å². The molecule has 0 saturated heterocycles. The summed E-state index contributed by atoms with van der Waals surface area (Å²) in [6.45, 7) is 3.44. The van der Waals surface area contributed by atoms with Crippen molar-refractivity contribution < 1.29 is 9.90 Å². The molecule has 0 aliphatic heterocycles. The Morgan fingerprint density at radius 3 is 2.52 bits per heavy atom. The molecule has 0 bridgehead atoms. The Bertz CT molecular complexity index is 611. The molecule has 1 aromatic carbocycles. The highest BCUT2D eigenvalue weighted by Gasteiger charge is 2.06. The number of nitrogens with one attached hydrogen (secondary N) is 1. The summed E-state index contributed by atoms with van der Waals surface area (Å²) in [5.74, 6) is -0.805. The summed E-state index contributed by atoms with van der Waals surface area (Å²) in [6, 6.07) is 11.7. The maximum Gasteiger partial charge on any atom is 0.307 e. The fourth-order valence-electron chi connectivity index (χ4n) is 2.33. The number of aliphatic carboxylic acids is 1. The SMILES string of the molecule is CCc1cccnc1CNCc1ccccc1CC(=O)O. The highest BCUT2D eigenvalue weighted by molar-refractivity contribution is 5.70. The summed E-state index contributed by atoms with van der Waals surface area (Å²) in [7, 11) is 0. The zero-order valence-corrected chi connectivity index (χ0v) is 12.2. The van der Waals surface area contributed by atoms with Crippen molar-refractivity contribution >= 4 is 5.97 Å². The molecule has 0 aliphatic rings. The largest absolute Gasteiger partial charge is 0.481 e. The average molecular weight is 284 g/mol. The van der Waals surface area contributed by atoms with E-state index in [0.717, 1.165) is 23.2 Å². The van der Waals surface area contributed by atoms with Gasteiger partial charge in [-0.2, -0.15) is 0 Å². The molecule has 0 unspecified atom stereocenters. The Labute approximate surface area is 124 Å². The van der Waals surface area contributed by atoms with Gasteiger partial charge >= 0.3 is 5.97 Å². The summed E-state index contributed by atoms with van der Waals surface area (Å²) < 4.78 is 0. The van der Waals surface area contributed by atoms with E-state index in [9.17, 15) is 4.79 Å². The molecule has 0 radical (unpaired) electrons. The van der Waals surface area contributed by atoms with Crippen molar-refractivity contribution in [3.8, 4) is 0 Å². The lowest BCUT2D eigenvalue weighted by molar-refractivity contribution is -0.136. The van der Waals surface area contributed by atoms with Crippen molar-refractivity contribution in [2.24, 2.45) is 0 Å². The van der Waals surface area contributed by atoms with E-state index < -0.39 is 5.97 Å². The lowest BCUT2D eigenvalue weighted by Crippen LogP contribution is -2.16. The molecule has 2 N–H and O–H groups in total. The second-order valence-electron chi connectivity index (χ2n) is 4.91. The van der Waals surface area contributed by atoms with Gasteiger partial charge in [-0.3, -0.25) is 9.78 Å². The molecule has 110 valence electrons. The first kappa shape index (κ1) is 15.2. The summed E-state index contributed by atoms with van der Waals surface area (Å²) in [5.41, 5.74) is 4.17. The first-order chi connectivity index (χ1) is 10.2. The van der Waals surface area contributed by atoms with Crippen LogP contribution in [0.4, 0.5) is 0 Å². The summed E-state index contributed by atoms with van der Waals surface area (Å²) in [5, 5.41) is 12.3.